The quantitative estimate of drug-likeness (QED) is 0.840. The van der Waals surface area contributed by atoms with Crippen molar-refractivity contribution in [2.75, 3.05) is 24.6 Å². The molecule has 0 bridgehead atoms. The van der Waals surface area contributed by atoms with Crippen molar-refractivity contribution in [2.45, 2.75) is 25.9 Å². The zero-order valence-corrected chi connectivity index (χ0v) is 11.4. The highest BCUT2D eigenvalue weighted by atomic mass is 32.1. The van der Waals surface area contributed by atoms with Crippen LogP contribution in [-0.4, -0.2) is 35.8 Å². The van der Waals surface area contributed by atoms with Gasteiger partial charge in [0.25, 0.3) is 0 Å². The van der Waals surface area contributed by atoms with Gasteiger partial charge >= 0.3 is 0 Å². The Bertz CT molecular complexity index is 422. The predicted octanol–water partition coefficient (Wildman–Crippen LogP) is 1.72. The van der Waals surface area contributed by atoms with Gasteiger partial charge in [0.05, 0.1) is 11.8 Å². The molecule has 2 N–H and O–H groups in total. The molecule has 1 aromatic rings. The molecule has 2 rings (SSSR count). The van der Waals surface area contributed by atoms with E-state index < -0.39 is 0 Å². The van der Waals surface area contributed by atoms with Gasteiger partial charge in [0.2, 0.25) is 0 Å². The molecule has 1 aliphatic rings. The van der Waals surface area contributed by atoms with Crippen LogP contribution >= 0.6 is 12.2 Å². The minimum atomic E-state index is 0.305. The standard InChI is InChI=1S/C13H19N3OS/c1-2-17-10-5-4-8-16(9-10)12-7-3-6-11(15-12)13(14)18/h3,6-7,10H,2,4-5,8-9H2,1H3,(H2,14,18). The van der Waals surface area contributed by atoms with Crippen LogP contribution in [0.3, 0.4) is 0 Å². The molecule has 1 saturated heterocycles. The molecular weight excluding hydrogens is 246 g/mol. The van der Waals surface area contributed by atoms with Crippen molar-refractivity contribution in [3.05, 3.63) is 23.9 Å². The lowest BCUT2D eigenvalue weighted by molar-refractivity contribution is 0.0525. The van der Waals surface area contributed by atoms with E-state index in [1.54, 1.807) is 0 Å². The molecule has 0 aromatic carbocycles. The van der Waals surface area contributed by atoms with Gasteiger partial charge < -0.3 is 15.4 Å². The number of nitrogens with two attached hydrogens (primary N) is 1. The maximum Gasteiger partial charge on any atom is 0.129 e. The van der Waals surface area contributed by atoms with Gasteiger partial charge in [-0.1, -0.05) is 18.3 Å². The first-order chi connectivity index (χ1) is 8.70. The van der Waals surface area contributed by atoms with E-state index in [1.807, 2.05) is 25.1 Å². The molecule has 5 heteroatoms. The second-order valence-corrected chi connectivity index (χ2v) is 4.85. The van der Waals surface area contributed by atoms with E-state index in [-0.39, 0.29) is 0 Å². The molecule has 1 aliphatic heterocycles. The van der Waals surface area contributed by atoms with Gasteiger partial charge in [0, 0.05) is 19.7 Å². The van der Waals surface area contributed by atoms with Gasteiger partial charge in [-0.05, 0) is 31.9 Å². The summed E-state index contributed by atoms with van der Waals surface area (Å²) < 4.78 is 5.69. The molecule has 98 valence electrons. The summed E-state index contributed by atoms with van der Waals surface area (Å²) in [5.41, 5.74) is 6.29. The Morgan fingerprint density at radius 3 is 3.17 bits per heavy atom. The molecule has 18 heavy (non-hydrogen) atoms. The van der Waals surface area contributed by atoms with Gasteiger partial charge in [0.15, 0.2) is 0 Å². The van der Waals surface area contributed by atoms with E-state index in [1.165, 1.54) is 0 Å². The Hall–Kier alpha value is -1.20. The third kappa shape index (κ3) is 3.17. The molecule has 4 nitrogen and oxygen atoms in total. The second-order valence-electron chi connectivity index (χ2n) is 4.41. The third-order valence-electron chi connectivity index (χ3n) is 3.09. The number of rotatable bonds is 4. The zero-order valence-electron chi connectivity index (χ0n) is 10.6. The van der Waals surface area contributed by atoms with Crippen molar-refractivity contribution in [2.24, 2.45) is 5.73 Å². The average Bonchev–Trinajstić information content (AvgIpc) is 2.39. The summed E-state index contributed by atoms with van der Waals surface area (Å²) in [6, 6.07) is 5.78. The molecule has 1 aromatic heterocycles. The molecule has 0 saturated carbocycles. The fraction of sp³-hybridized carbons (Fsp3) is 0.538. The van der Waals surface area contributed by atoms with Crippen LogP contribution in [0.25, 0.3) is 0 Å². The number of aromatic nitrogens is 1. The number of pyridine rings is 1. The summed E-state index contributed by atoms with van der Waals surface area (Å²) in [5.74, 6) is 0.935. The average molecular weight is 265 g/mol. The van der Waals surface area contributed by atoms with Crippen molar-refractivity contribution in [3.63, 3.8) is 0 Å². The summed E-state index contributed by atoms with van der Waals surface area (Å²) in [6.45, 7) is 4.70. The van der Waals surface area contributed by atoms with Crippen LogP contribution in [0.1, 0.15) is 25.5 Å². The number of piperidine rings is 1. The monoisotopic (exact) mass is 265 g/mol. The molecule has 1 fully saturated rings. The Kier molecular flexibility index (Phi) is 4.49. The molecule has 0 spiro atoms. The number of ether oxygens (including phenoxy) is 1. The molecule has 1 unspecified atom stereocenters. The lowest BCUT2D eigenvalue weighted by Gasteiger charge is -2.33. The van der Waals surface area contributed by atoms with Crippen molar-refractivity contribution in [1.82, 2.24) is 4.98 Å². The first kappa shape index (κ1) is 13.2. The van der Waals surface area contributed by atoms with Gasteiger partial charge in [-0.25, -0.2) is 4.98 Å². The van der Waals surface area contributed by atoms with Gasteiger partial charge in [-0.15, -0.1) is 0 Å². The highest BCUT2D eigenvalue weighted by molar-refractivity contribution is 7.80. The van der Waals surface area contributed by atoms with Gasteiger partial charge in [-0.2, -0.15) is 0 Å². The van der Waals surface area contributed by atoms with Crippen molar-refractivity contribution < 1.29 is 4.74 Å². The lowest BCUT2D eigenvalue weighted by atomic mass is 10.1. The SMILES string of the molecule is CCOC1CCCN(c2cccc(C(N)=S)n2)C1. The minimum Gasteiger partial charge on any atom is -0.388 e. The van der Waals surface area contributed by atoms with Gasteiger partial charge in [-0.3, -0.25) is 0 Å². The van der Waals surface area contributed by atoms with E-state index in [4.69, 9.17) is 22.7 Å². The second kappa shape index (κ2) is 6.11. The Morgan fingerprint density at radius 2 is 2.44 bits per heavy atom. The topological polar surface area (TPSA) is 51.4 Å². The van der Waals surface area contributed by atoms with Crippen molar-refractivity contribution in [3.8, 4) is 0 Å². The molecule has 1 atom stereocenters. The summed E-state index contributed by atoms with van der Waals surface area (Å²) in [4.78, 5) is 7.08. The number of hydrogen-bond donors (Lipinski definition) is 1. The van der Waals surface area contributed by atoms with Crippen LogP contribution in [0, 0.1) is 0 Å². The van der Waals surface area contributed by atoms with Crippen molar-refractivity contribution in [1.29, 1.82) is 0 Å². The normalized spacial score (nSPS) is 19.8. The Morgan fingerprint density at radius 1 is 1.61 bits per heavy atom. The van der Waals surface area contributed by atoms with Gasteiger partial charge in [0.1, 0.15) is 10.8 Å². The minimum absolute atomic E-state index is 0.305. The molecule has 0 radical (unpaired) electrons. The van der Waals surface area contributed by atoms with E-state index in [9.17, 15) is 0 Å². The fourth-order valence-electron chi connectivity index (χ4n) is 2.25. The molecule has 2 heterocycles. The van der Waals surface area contributed by atoms with E-state index >= 15 is 0 Å². The lowest BCUT2D eigenvalue weighted by Crippen LogP contribution is -2.40. The van der Waals surface area contributed by atoms with Crippen LogP contribution in [0.15, 0.2) is 18.2 Å². The van der Waals surface area contributed by atoms with Crippen LogP contribution in [0.5, 0.6) is 0 Å². The molecule has 0 amide bonds. The zero-order chi connectivity index (χ0) is 13.0. The number of nitrogens with zero attached hydrogens (tertiary/aromatic N) is 2. The van der Waals surface area contributed by atoms with Crippen LogP contribution < -0.4 is 10.6 Å². The van der Waals surface area contributed by atoms with E-state index in [0.29, 0.717) is 16.8 Å². The highest BCUT2D eigenvalue weighted by Crippen LogP contribution is 2.19. The highest BCUT2D eigenvalue weighted by Gasteiger charge is 2.21. The summed E-state index contributed by atoms with van der Waals surface area (Å²) >= 11 is 4.96. The van der Waals surface area contributed by atoms with E-state index in [2.05, 4.69) is 9.88 Å². The van der Waals surface area contributed by atoms with Crippen LogP contribution in [0.2, 0.25) is 0 Å². The smallest absolute Gasteiger partial charge is 0.129 e. The number of anilines is 1. The first-order valence-electron chi connectivity index (χ1n) is 6.34. The van der Waals surface area contributed by atoms with E-state index in [0.717, 1.165) is 38.4 Å². The summed E-state index contributed by atoms with van der Waals surface area (Å²) in [5, 5.41) is 0. The Balaban J connectivity index is 2.10. The summed E-state index contributed by atoms with van der Waals surface area (Å²) in [7, 11) is 0. The third-order valence-corrected chi connectivity index (χ3v) is 3.30. The van der Waals surface area contributed by atoms with Crippen LogP contribution in [-0.2, 0) is 4.74 Å². The maximum atomic E-state index is 5.69. The summed E-state index contributed by atoms with van der Waals surface area (Å²) in [6.07, 6.45) is 2.56. The number of thiocarbonyl (C=S) groups is 1. The first-order valence-corrected chi connectivity index (χ1v) is 6.75. The molecular formula is C13H19N3OS. The predicted molar refractivity (Wildman–Crippen MR) is 77.0 cm³/mol. The largest absolute Gasteiger partial charge is 0.388 e. The number of hydrogen-bond acceptors (Lipinski definition) is 4. The fourth-order valence-corrected chi connectivity index (χ4v) is 2.37. The van der Waals surface area contributed by atoms with Crippen molar-refractivity contribution >= 4 is 23.0 Å². The Labute approximate surface area is 113 Å². The maximum absolute atomic E-state index is 5.69. The molecule has 0 aliphatic carbocycles. The van der Waals surface area contributed by atoms with Crippen LogP contribution in [0.4, 0.5) is 5.82 Å².